The first kappa shape index (κ1) is 13.7. The van der Waals surface area contributed by atoms with Gasteiger partial charge in [-0.1, -0.05) is 20.8 Å². The minimum Gasteiger partial charge on any atom is -0.396 e. The molecule has 1 aromatic rings. The summed E-state index contributed by atoms with van der Waals surface area (Å²) >= 11 is 0. The standard InChI is InChI=1S/C12H21N3O2/c1-12(2,3)9-8-10(15-14-9)13-11(17)6-4-5-7-16/h8,16H,4-7H2,1-3H3,(H2,13,14,15,17). The number of aromatic nitrogens is 2. The van der Waals surface area contributed by atoms with Gasteiger partial charge in [0.2, 0.25) is 5.91 Å². The van der Waals surface area contributed by atoms with Crippen molar-refractivity contribution >= 4 is 11.7 Å². The maximum absolute atomic E-state index is 11.5. The van der Waals surface area contributed by atoms with Crippen molar-refractivity contribution in [3.63, 3.8) is 0 Å². The third kappa shape index (κ3) is 4.56. The maximum Gasteiger partial charge on any atom is 0.225 e. The first-order valence-electron chi connectivity index (χ1n) is 5.90. The molecule has 0 atom stereocenters. The summed E-state index contributed by atoms with van der Waals surface area (Å²) in [5.41, 5.74) is 0.982. The molecule has 0 bridgehead atoms. The second-order valence-electron chi connectivity index (χ2n) is 5.15. The Morgan fingerprint density at radius 1 is 1.47 bits per heavy atom. The van der Waals surface area contributed by atoms with Crippen LogP contribution in [0.15, 0.2) is 6.07 Å². The zero-order valence-corrected chi connectivity index (χ0v) is 10.7. The van der Waals surface area contributed by atoms with Gasteiger partial charge in [0, 0.05) is 30.2 Å². The van der Waals surface area contributed by atoms with Crippen molar-refractivity contribution in [3.8, 4) is 0 Å². The van der Waals surface area contributed by atoms with E-state index in [-0.39, 0.29) is 17.9 Å². The van der Waals surface area contributed by atoms with Crippen LogP contribution >= 0.6 is 0 Å². The number of hydrogen-bond acceptors (Lipinski definition) is 3. The zero-order chi connectivity index (χ0) is 12.9. The lowest BCUT2D eigenvalue weighted by atomic mass is 9.92. The number of anilines is 1. The quantitative estimate of drug-likeness (QED) is 0.686. The molecule has 0 aliphatic rings. The highest BCUT2D eigenvalue weighted by molar-refractivity contribution is 5.89. The van der Waals surface area contributed by atoms with Crippen molar-refractivity contribution in [1.82, 2.24) is 10.2 Å². The number of nitrogens with one attached hydrogen (secondary N) is 2. The Morgan fingerprint density at radius 3 is 2.71 bits per heavy atom. The average Bonchev–Trinajstić information content (AvgIpc) is 2.66. The molecule has 1 amide bonds. The number of rotatable bonds is 5. The van der Waals surface area contributed by atoms with E-state index in [0.29, 0.717) is 25.1 Å². The van der Waals surface area contributed by atoms with Gasteiger partial charge in [0.1, 0.15) is 0 Å². The van der Waals surface area contributed by atoms with E-state index in [2.05, 4.69) is 36.3 Å². The lowest BCUT2D eigenvalue weighted by molar-refractivity contribution is -0.116. The van der Waals surface area contributed by atoms with Crippen LogP contribution in [-0.2, 0) is 10.2 Å². The van der Waals surface area contributed by atoms with Gasteiger partial charge in [-0.3, -0.25) is 9.89 Å². The molecule has 0 radical (unpaired) electrons. The van der Waals surface area contributed by atoms with E-state index < -0.39 is 0 Å². The Kier molecular flexibility index (Phi) is 4.69. The Hall–Kier alpha value is -1.36. The fourth-order valence-electron chi connectivity index (χ4n) is 1.37. The number of carbonyl (C=O) groups excluding carboxylic acids is 1. The van der Waals surface area contributed by atoms with Crippen LogP contribution in [0.5, 0.6) is 0 Å². The molecule has 17 heavy (non-hydrogen) atoms. The molecule has 0 saturated carbocycles. The largest absolute Gasteiger partial charge is 0.396 e. The van der Waals surface area contributed by atoms with Crippen LogP contribution in [0.4, 0.5) is 5.82 Å². The molecule has 1 heterocycles. The number of aromatic amines is 1. The minimum absolute atomic E-state index is 0.00708. The van der Waals surface area contributed by atoms with Gasteiger partial charge < -0.3 is 10.4 Å². The minimum atomic E-state index is -0.0644. The van der Waals surface area contributed by atoms with Crippen molar-refractivity contribution in [2.75, 3.05) is 11.9 Å². The van der Waals surface area contributed by atoms with Gasteiger partial charge in [-0.15, -0.1) is 0 Å². The molecule has 0 unspecified atom stereocenters. The maximum atomic E-state index is 11.5. The number of amides is 1. The van der Waals surface area contributed by atoms with Crippen LogP contribution in [0.3, 0.4) is 0 Å². The van der Waals surface area contributed by atoms with Crippen LogP contribution in [0.1, 0.15) is 45.7 Å². The van der Waals surface area contributed by atoms with Crippen molar-refractivity contribution in [3.05, 3.63) is 11.8 Å². The fraction of sp³-hybridized carbons (Fsp3) is 0.667. The summed E-state index contributed by atoms with van der Waals surface area (Å²) in [5.74, 6) is 0.495. The number of unbranched alkanes of at least 4 members (excludes halogenated alkanes) is 1. The van der Waals surface area contributed by atoms with E-state index in [9.17, 15) is 4.79 Å². The smallest absolute Gasteiger partial charge is 0.225 e. The molecule has 5 heteroatoms. The van der Waals surface area contributed by atoms with Crippen LogP contribution in [0.2, 0.25) is 0 Å². The predicted octanol–water partition coefficient (Wildman–Crippen LogP) is 1.81. The summed E-state index contributed by atoms with van der Waals surface area (Å²) in [6.07, 6.45) is 1.76. The van der Waals surface area contributed by atoms with Crippen molar-refractivity contribution < 1.29 is 9.90 Å². The van der Waals surface area contributed by atoms with Crippen LogP contribution in [-0.4, -0.2) is 27.8 Å². The van der Waals surface area contributed by atoms with Gasteiger partial charge in [-0.2, -0.15) is 5.10 Å². The molecule has 1 rings (SSSR count). The van der Waals surface area contributed by atoms with E-state index >= 15 is 0 Å². The summed E-state index contributed by atoms with van der Waals surface area (Å²) in [7, 11) is 0. The number of H-pyrrole nitrogens is 1. The number of nitrogens with zero attached hydrogens (tertiary/aromatic N) is 1. The molecule has 0 saturated heterocycles. The summed E-state index contributed by atoms with van der Waals surface area (Å²) in [4.78, 5) is 11.5. The molecule has 96 valence electrons. The molecular formula is C12H21N3O2. The highest BCUT2D eigenvalue weighted by Crippen LogP contribution is 2.21. The molecule has 5 nitrogen and oxygen atoms in total. The number of carbonyl (C=O) groups is 1. The van der Waals surface area contributed by atoms with Gasteiger partial charge in [-0.05, 0) is 12.8 Å². The normalized spacial score (nSPS) is 11.5. The van der Waals surface area contributed by atoms with Gasteiger partial charge in [0.15, 0.2) is 5.82 Å². The monoisotopic (exact) mass is 239 g/mol. The Labute approximate surface area is 102 Å². The highest BCUT2D eigenvalue weighted by Gasteiger charge is 2.17. The summed E-state index contributed by atoms with van der Waals surface area (Å²) in [6.45, 7) is 6.36. The van der Waals surface area contributed by atoms with Crippen LogP contribution in [0.25, 0.3) is 0 Å². The van der Waals surface area contributed by atoms with Crippen molar-refractivity contribution in [1.29, 1.82) is 0 Å². The molecule has 0 aromatic carbocycles. The van der Waals surface area contributed by atoms with E-state index in [0.717, 1.165) is 5.69 Å². The highest BCUT2D eigenvalue weighted by atomic mass is 16.2. The van der Waals surface area contributed by atoms with E-state index in [1.165, 1.54) is 0 Å². The van der Waals surface area contributed by atoms with E-state index in [1.54, 1.807) is 0 Å². The second-order valence-corrected chi connectivity index (χ2v) is 5.15. The Bertz CT molecular complexity index is 366. The van der Waals surface area contributed by atoms with Gasteiger partial charge >= 0.3 is 0 Å². The number of aliphatic hydroxyl groups excluding tert-OH is 1. The van der Waals surface area contributed by atoms with E-state index in [1.807, 2.05) is 6.07 Å². The van der Waals surface area contributed by atoms with E-state index in [4.69, 9.17) is 5.11 Å². The number of hydrogen-bond donors (Lipinski definition) is 3. The van der Waals surface area contributed by atoms with Crippen LogP contribution < -0.4 is 5.32 Å². The summed E-state index contributed by atoms with van der Waals surface area (Å²) < 4.78 is 0. The second kappa shape index (κ2) is 5.82. The van der Waals surface area contributed by atoms with Gasteiger partial charge in [-0.25, -0.2) is 0 Å². The van der Waals surface area contributed by atoms with Gasteiger partial charge in [0.25, 0.3) is 0 Å². The van der Waals surface area contributed by atoms with Crippen molar-refractivity contribution in [2.24, 2.45) is 0 Å². The molecule has 0 aliphatic carbocycles. The van der Waals surface area contributed by atoms with Gasteiger partial charge in [0.05, 0.1) is 0 Å². The molecule has 1 aromatic heterocycles. The lowest BCUT2D eigenvalue weighted by Gasteiger charge is -2.14. The molecule has 0 spiro atoms. The molecular weight excluding hydrogens is 218 g/mol. The SMILES string of the molecule is CC(C)(C)c1cc(NC(=O)CCCCO)n[nH]1. The lowest BCUT2D eigenvalue weighted by Crippen LogP contribution is -2.12. The molecule has 3 N–H and O–H groups in total. The number of aliphatic hydroxyl groups is 1. The van der Waals surface area contributed by atoms with Crippen molar-refractivity contribution in [2.45, 2.75) is 45.4 Å². The van der Waals surface area contributed by atoms with Crippen LogP contribution in [0, 0.1) is 0 Å². The third-order valence-corrected chi connectivity index (χ3v) is 2.47. The summed E-state index contributed by atoms with van der Waals surface area (Å²) in [5, 5.41) is 18.3. The fourth-order valence-corrected chi connectivity index (χ4v) is 1.37. The first-order valence-corrected chi connectivity index (χ1v) is 5.90. The first-order chi connectivity index (χ1) is 7.93. The Morgan fingerprint density at radius 2 is 2.18 bits per heavy atom. The summed E-state index contributed by atoms with van der Waals surface area (Å²) in [6, 6.07) is 1.85. The molecule has 0 fully saturated rings. The predicted molar refractivity (Wildman–Crippen MR) is 66.9 cm³/mol. The zero-order valence-electron chi connectivity index (χ0n) is 10.7. The Balaban J connectivity index is 2.46. The average molecular weight is 239 g/mol. The third-order valence-electron chi connectivity index (χ3n) is 2.47. The molecule has 0 aliphatic heterocycles. The topological polar surface area (TPSA) is 78.0 Å².